The molecular weight excluding hydrogens is 813 g/mol. The van der Waals surface area contributed by atoms with E-state index < -0.39 is 0 Å². The van der Waals surface area contributed by atoms with E-state index in [1.165, 1.54) is 49.1 Å². The minimum Gasteiger partial charge on any atom is -0.455 e. The summed E-state index contributed by atoms with van der Waals surface area (Å²) < 4.78 is 9.40. The fraction of sp³-hybridized carbons (Fsp3) is 0. The van der Waals surface area contributed by atoms with E-state index in [-0.39, 0.29) is 0 Å². The van der Waals surface area contributed by atoms with Crippen LogP contribution in [0.3, 0.4) is 0 Å². The molecule has 0 saturated heterocycles. The zero-order valence-corrected chi connectivity index (χ0v) is 36.6. The SMILES string of the molecule is c1ccc(-c2ccc(N(c3ccc(-c4ccc5c(c4)c4ccccc4c4c(-c6ccccc6)c(-c6ccccc6)oc54)cc3)c3ccc4c(c3)c3ccccc3n4-c3ccccc3)cc2)cc1. The van der Waals surface area contributed by atoms with Gasteiger partial charge in [0, 0.05) is 55.4 Å². The van der Waals surface area contributed by atoms with Gasteiger partial charge < -0.3 is 13.9 Å². The molecule has 0 fully saturated rings. The van der Waals surface area contributed by atoms with Crippen molar-refractivity contribution < 1.29 is 4.42 Å². The minimum absolute atomic E-state index is 0.888. The zero-order valence-electron chi connectivity index (χ0n) is 36.6. The highest BCUT2D eigenvalue weighted by molar-refractivity contribution is 6.29. The van der Waals surface area contributed by atoms with Crippen molar-refractivity contribution in [2.24, 2.45) is 0 Å². The second kappa shape index (κ2) is 16.0. The first-order chi connectivity index (χ1) is 33.2. The van der Waals surface area contributed by atoms with Crippen LogP contribution in [0.5, 0.6) is 0 Å². The van der Waals surface area contributed by atoms with Crippen molar-refractivity contribution >= 4 is 71.4 Å². The lowest BCUT2D eigenvalue weighted by molar-refractivity contribution is 0.636. The van der Waals surface area contributed by atoms with Crippen molar-refractivity contribution in [2.75, 3.05) is 4.90 Å². The van der Waals surface area contributed by atoms with Gasteiger partial charge in [-0.15, -0.1) is 0 Å². The van der Waals surface area contributed by atoms with Crippen molar-refractivity contribution in [3.8, 4) is 50.4 Å². The van der Waals surface area contributed by atoms with Crippen molar-refractivity contribution in [1.82, 2.24) is 4.57 Å². The molecule has 0 bridgehead atoms. The number of aromatic nitrogens is 1. The van der Waals surface area contributed by atoms with Gasteiger partial charge in [-0.3, -0.25) is 0 Å². The maximum absolute atomic E-state index is 7.03. The average molecular weight is 855 g/mol. The third-order valence-electron chi connectivity index (χ3n) is 13.4. The Morgan fingerprint density at radius 3 is 1.46 bits per heavy atom. The summed E-state index contributed by atoms with van der Waals surface area (Å²) in [4.78, 5) is 2.38. The van der Waals surface area contributed by atoms with Crippen LogP contribution in [0.2, 0.25) is 0 Å². The van der Waals surface area contributed by atoms with Gasteiger partial charge in [-0.2, -0.15) is 0 Å². The second-order valence-corrected chi connectivity index (χ2v) is 17.2. The average Bonchev–Trinajstić information content (AvgIpc) is 3.97. The number of anilines is 3. The summed E-state index contributed by atoms with van der Waals surface area (Å²) >= 11 is 0. The first-order valence-electron chi connectivity index (χ1n) is 22.9. The fourth-order valence-electron chi connectivity index (χ4n) is 10.3. The van der Waals surface area contributed by atoms with Gasteiger partial charge in [-0.25, -0.2) is 0 Å². The first-order valence-corrected chi connectivity index (χ1v) is 22.9. The molecule has 0 atom stereocenters. The fourth-order valence-corrected chi connectivity index (χ4v) is 10.3. The van der Waals surface area contributed by atoms with Crippen LogP contribution >= 0.6 is 0 Å². The molecule has 3 nitrogen and oxygen atoms in total. The number of rotatable bonds is 8. The van der Waals surface area contributed by atoms with Crippen molar-refractivity contribution in [1.29, 1.82) is 0 Å². The highest BCUT2D eigenvalue weighted by atomic mass is 16.3. The molecule has 0 aliphatic rings. The van der Waals surface area contributed by atoms with E-state index in [1.807, 2.05) is 0 Å². The molecule has 0 unspecified atom stereocenters. The van der Waals surface area contributed by atoms with Crippen molar-refractivity contribution in [3.05, 3.63) is 255 Å². The molecule has 0 amide bonds. The number of nitrogens with zero attached hydrogens (tertiary/aromatic N) is 2. The van der Waals surface area contributed by atoms with E-state index in [1.54, 1.807) is 0 Å². The zero-order chi connectivity index (χ0) is 44.3. The summed E-state index contributed by atoms with van der Waals surface area (Å²) in [5.74, 6) is 0.888. The van der Waals surface area contributed by atoms with Crippen LogP contribution in [-0.4, -0.2) is 4.57 Å². The van der Waals surface area contributed by atoms with Crippen LogP contribution < -0.4 is 4.90 Å². The van der Waals surface area contributed by atoms with E-state index in [4.69, 9.17) is 4.42 Å². The van der Waals surface area contributed by atoms with Crippen LogP contribution in [0.25, 0.3) is 105 Å². The number of hydrogen-bond acceptors (Lipinski definition) is 2. The van der Waals surface area contributed by atoms with Crippen LogP contribution in [0, 0.1) is 0 Å². The molecule has 0 aliphatic heterocycles. The molecule has 0 N–H and O–H groups in total. The first kappa shape index (κ1) is 38.5. The number of hydrogen-bond donors (Lipinski definition) is 0. The van der Waals surface area contributed by atoms with E-state index in [0.29, 0.717) is 0 Å². The highest BCUT2D eigenvalue weighted by Gasteiger charge is 2.23. The third-order valence-corrected chi connectivity index (χ3v) is 13.4. The Bertz CT molecular complexity index is 3930. The van der Waals surface area contributed by atoms with Crippen LogP contribution in [0.4, 0.5) is 17.1 Å². The Labute approximate surface area is 388 Å². The highest BCUT2D eigenvalue weighted by Crippen LogP contribution is 2.48. The number of para-hydroxylation sites is 2. The van der Waals surface area contributed by atoms with Gasteiger partial charge in [0.05, 0.1) is 11.0 Å². The van der Waals surface area contributed by atoms with Gasteiger partial charge >= 0.3 is 0 Å². The number of fused-ring (bicyclic) bond motifs is 9. The third kappa shape index (κ3) is 6.51. The Balaban J connectivity index is 0.948. The summed E-state index contributed by atoms with van der Waals surface area (Å²) in [6, 6.07) is 91.6. The molecule has 13 aromatic rings. The largest absolute Gasteiger partial charge is 0.455 e. The Kier molecular flexibility index (Phi) is 9.17. The van der Waals surface area contributed by atoms with E-state index in [2.05, 4.69) is 264 Å². The monoisotopic (exact) mass is 854 g/mol. The molecule has 13 rings (SSSR count). The predicted molar refractivity (Wildman–Crippen MR) is 282 cm³/mol. The molecular formula is C64H42N2O. The topological polar surface area (TPSA) is 21.3 Å². The molecule has 3 heteroatoms. The Hall–Kier alpha value is -8.92. The van der Waals surface area contributed by atoms with Crippen molar-refractivity contribution in [2.45, 2.75) is 0 Å². The minimum atomic E-state index is 0.888. The molecule has 11 aromatic carbocycles. The van der Waals surface area contributed by atoms with Gasteiger partial charge in [-0.05, 0) is 117 Å². The molecule has 0 radical (unpaired) electrons. The Morgan fingerprint density at radius 1 is 0.299 bits per heavy atom. The van der Waals surface area contributed by atoms with E-state index in [9.17, 15) is 0 Å². The molecule has 0 aliphatic carbocycles. The van der Waals surface area contributed by atoms with Gasteiger partial charge in [0.25, 0.3) is 0 Å². The van der Waals surface area contributed by atoms with Crippen LogP contribution in [-0.2, 0) is 0 Å². The number of furan rings is 1. The quantitative estimate of drug-likeness (QED) is 0.142. The molecule has 0 saturated carbocycles. The van der Waals surface area contributed by atoms with E-state index >= 15 is 0 Å². The van der Waals surface area contributed by atoms with Gasteiger partial charge in [0.15, 0.2) is 0 Å². The molecule has 314 valence electrons. The summed E-state index contributed by atoms with van der Waals surface area (Å²) in [5, 5.41) is 8.23. The smallest absolute Gasteiger partial charge is 0.143 e. The Morgan fingerprint density at radius 2 is 0.791 bits per heavy atom. The lowest BCUT2D eigenvalue weighted by Gasteiger charge is -2.26. The van der Waals surface area contributed by atoms with Crippen LogP contribution in [0.1, 0.15) is 0 Å². The predicted octanol–water partition coefficient (Wildman–Crippen LogP) is 18.0. The van der Waals surface area contributed by atoms with Gasteiger partial charge in [0.2, 0.25) is 0 Å². The molecule has 67 heavy (non-hydrogen) atoms. The lowest BCUT2D eigenvalue weighted by Crippen LogP contribution is -2.10. The maximum atomic E-state index is 7.03. The van der Waals surface area contributed by atoms with Crippen LogP contribution in [0.15, 0.2) is 259 Å². The maximum Gasteiger partial charge on any atom is 0.143 e. The normalized spacial score (nSPS) is 11.6. The summed E-state index contributed by atoms with van der Waals surface area (Å²) in [6.45, 7) is 0. The molecule has 2 heterocycles. The van der Waals surface area contributed by atoms with Gasteiger partial charge in [0.1, 0.15) is 11.3 Å². The molecule has 2 aromatic heterocycles. The van der Waals surface area contributed by atoms with Crippen molar-refractivity contribution in [3.63, 3.8) is 0 Å². The number of benzene rings is 11. The summed E-state index contributed by atoms with van der Waals surface area (Å²) in [5.41, 5.74) is 15.7. The van der Waals surface area contributed by atoms with E-state index in [0.717, 1.165) is 72.7 Å². The second-order valence-electron chi connectivity index (χ2n) is 17.2. The standard InChI is InChI=1S/C64H42N2O/c1-5-17-43(18-6-1)44-29-34-50(35-30-44)65(52-38-40-60-58(42-52)54-26-15-16-28-59(54)66(60)49-23-11-4-12-24-49)51-36-31-45(32-37-51)48-33-39-56-57(41-48)53-25-13-14-27-55(53)62-61(46-19-7-2-8-20-46)63(67-64(56)62)47-21-9-3-10-22-47/h1-42H. The summed E-state index contributed by atoms with van der Waals surface area (Å²) in [7, 11) is 0. The van der Waals surface area contributed by atoms with Gasteiger partial charge in [-0.1, -0.05) is 182 Å². The lowest BCUT2D eigenvalue weighted by atomic mass is 9.91. The molecule has 0 spiro atoms. The summed E-state index contributed by atoms with van der Waals surface area (Å²) in [6.07, 6.45) is 0.